The van der Waals surface area contributed by atoms with Gasteiger partial charge in [-0.25, -0.2) is 0 Å². The number of furan rings is 1. The lowest BCUT2D eigenvalue weighted by molar-refractivity contribution is -0.101. The van der Waals surface area contributed by atoms with Gasteiger partial charge in [0.2, 0.25) is 0 Å². The van der Waals surface area contributed by atoms with E-state index in [9.17, 15) is 5.11 Å². The van der Waals surface area contributed by atoms with E-state index in [1.165, 1.54) is 0 Å². The van der Waals surface area contributed by atoms with Crippen LogP contribution in [0.5, 0.6) is 0 Å². The molecule has 1 aliphatic heterocycles. The van der Waals surface area contributed by atoms with E-state index in [4.69, 9.17) is 20.8 Å². The van der Waals surface area contributed by atoms with Gasteiger partial charge in [0, 0.05) is 12.0 Å². The lowest BCUT2D eigenvalue weighted by Gasteiger charge is -2.29. The molecule has 1 fully saturated rings. The molecule has 0 radical (unpaired) electrons. The molecule has 1 aliphatic rings. The fourth-order valence-electron chi connectivity index (χ4n) is 2.23. The molecule has 1 aromatic carbocycles. The minimum atomic E-state index is -1.01. The Kier molecular flexibility index (Phi) is 2.62. The van der Waals surface area contributed by atoms with Gasteiger partial charge in [-0.05, 0) is 25.0 Å². The zero-order valence-electron chi connectivity index (χ0n) is 9.28. The second-order valence-corrected chi connectivity index (χ2v) is 4.86. The molecule has 0 bridgehead atoms. The third-order valence-electron chi connectivity index (χ3n) is 3.17. The fraction of sp³-hybridized carbons (Fsp3) is 0.385. The summed E-state index contributed by atoms with van der Waals surface area (Å²) < 4.78 is 11.0. The summed E-state index contributed by atoms with van der Waals surface area (Å²) in [5.41, 5.74) is -0.385. The Balaban J connectivity index is 2.08. The van der Waals surface area contributed by atoms with Crippen molar-refractivity contribution in [2.24, 2.45) is 0 Å². The van der Waals surface area contributed by atoms with E-state index in [0.717, 1.165) is 11.8 Å². The monoisotopic (exact) mass is 252 g/mol. The Morgan fingerprint density at radius 2 is 2.24 bits per heavy atom. The van der Waals surface area contributed by atoms with Crippen LogP contribution in [0, 0.1) is 0 Å². The topological polar surface area (TPSA) is 42.6 Å². The molecule has 3 nitrogen and oxygen atoms in total. The van der Waals surface area contributed by atoms with Crippen LogP contribution in [0.15, 0.2) is 28.7 Å². The van der Waals surface area contributed by atoms with Gasteiger partial charge in [-0.15, -0.1) is 0 Å². The molecule has 2 aromatic rings. The molecule has 0 amide bonds. The quantitative estimate of drug-likeness (QED) is 0.848. The predicted molar refractivity (Wildman–Crippen MR) is 65.2 cm³/mol. The van der Waals surface area contributed by atoms with Crippen molar-refractivity contribution in [3.8, 4) is 0 Å². The largest absolute Gasteiger partial charge is 0.456 e. The summed E-state index contributed by atoms with van der Waals surface area (Å²) in [6.45, 7) is 0.980. The number of para-hydroxylation sites is 1. The van der Waals surface area contributed by atoms with Crippen LogP contribution in [0.1, 0.15) is 18.6 Å². The molecule has 1 unspecified atom stereocenters. The van der Waals surface area contributed by atoms with Crippen molar-refractivity contribution in [2.45, 2.75) is 18.4 Å². The molecule has 17 heavy (non-hydrogen) atoms. The summed E-state index contributed by atoms with van der Waals surface area (Å²) in [6.07, 6.45) is 1.49. The van der Waals surface area contributed by atoms with Gasteiger partial charge in [-0.1, -0.05) is 23.7 Å². The van der Waals surface area contributed by atoms with Crippen molar-refractivity contribution in [2.75, 3.05) is 13.2 Å². The van der Waals surface area contributed by atoms with Crippen LogP contribution in [0.3, 0.4) is 0 Å². The number of hydrogen-bond donors (Lipinski definition) is 1. The minimum Gasteiger partial charge on any atom is -0.456 e. The molecule has 1 N–H and O–H groups in total. The third-order valence-corrected chi connectivity index (χ3v) is 3.47. The summed E-state index contributed by atoms with van der Waals surface area (Å²) in [5.74, 6) is 0.542. The van der Waals surface area contributed by atoms with Crippen LogP contribution >= 0.6 is 11.6 Å². The number of ether oxygens (including phenoxy) is 1. The van der Waals surface area contributed by atoms with E-state index in [1.807, 2.05) is 18.2 Å². The first-order chi connectivity index (χ1) is 8.19. The molecule has 1 saturated heterocycles. The first-order valence-corrected chi connectivity index (χ1v) is 6.05. The molecule has 4 heteroatoms. The normalized spacial score (nSPS) is 25.3. The SMILES string of the molecule is OC1(c2cc3cccc(Cl)c3o2)CCCOC1. The van der Waals surface area contributed by atoms with Gasteiger partial charge in [-0.2, -0.15) is 0 Å². The first kappa shape index (κ1) is 11.1. The number of rotatable bonds is 1. The van der Waals surface area contributed by atoms with E-state index >= 15 is 0 Å². The van der Waals surface area contributed by atoms with Gasteiger partial charge in [0.1, 0.15) is 11.4 Å². The zero-order valence-corrected chi connectivity index (χ0v) is 10.0. The average Bonchev–Trinajstić information content (AvgIpc) is 2.76. The average molecular weight is 253 g/mol. The van der Waals surface area contributed by atoms with E-state index < -0.39 is 5.60 Å². The minimum absolute atomic E-state index is 0.282. The standard InChI is InChI=1S/C13H13ClO3/c14-10-4-1-3-9-7-11(17-12(9)10)13(15)5-2-6-16-8-13/h1,3-4,7,15H,2,5-6,8H2. The van der Waals surface area contributed by atoms with Crippen molar-refractivity contribution < 1.29 is 14.3 Å². The molecule has 1 atom stereocenters. The highest BCUT2D eigenvalue weighted by Crippen LogP contribution is 2.36. The summed E-state index contributed by atoms with van der Waals surface area (Å²) in [6, 6.07) is 7.40. The van der Waals surface area contributed by atoms with Crippen LogP contribution in [-0.4, -0.2) is 18.3 Å². The maximum absolute atomic E-state index is 10.5. The molecule has 3 rings (SSSR count). The predicted octanol–water partition coefficient (Wildman–Crippen LogP) is 3.08. The summed E-state index contributed by atoms with van der Waals surface area (Å²) >= 11 is 6.05. The van der Waals surface area contributed by atoms with E-state index in [-0.39, 0.29) is 6.61 Å². The Hall–Kier alpha value is -1.03. The van der Waals surface area contributed by atoms with Crippen molar-refractivity contribution >= 4 is 22.6 Å². The molecule has 2 heterocycles. The summed E-state index contributed by atoms with van der Waals surface area (Å²) in [4.78, 5) is 0. The van der Waals surface area contributed by atoms with Gasteiger partial charge in [-0.3, -0.25) is 0 Å². The van der Waals surface area contributed by atoms with Gasteiger partial charge >= 0.3 is 0 Å². The number of fused-ring (bicyclic) bond motifs is 1. The molecular formula is C13H13ClO3. The van der Waals surface area contributed by atoms with E-state index in [1.54, 1.807) is 6.07 Å². The van der Waals surface area contributed by atoms with Crippen molar-refractivity contribution in [3.63, 3.8) is 0 Å². The Labute approximate surface area is 104 Å². The van der Waals surface area contributed by atoms with Crippen molar-refractivity contribution in [1.82, 2.24) is 0 Å². The summed E-state index contributed by atoms with van der Waals surface area (Å²) in [5, 5.41) is 11.9. The third kappa shape index (κ3) is 1.84. The molecular weight excluding hydrogens is 240 g/mol. The molecule has 1 aromatic heterocycles. The van der Waals surface area contributed by atoms with Crippen LogP contribution in [0.4, 0.5) is 0 Å². The first-order valence-electron chi connectivity index (χ1n) is 5.68. The lowest BCUT2D eigenvalue weighted by atomic mass is 9.94. The number of hydrogen-bond acceptors (Lipinski definition) is 3. The number of benzene rings is 1. The zero-order chi connectivity index (χ0) is 11.9. The second-order valence-electron chi connectivity index (χ2n) is 4.46. The lowest BCUT2D eigenvalue weighted by Crippen LogP contribution is -2.35. The Morgan fingerprint density at radius 1 is 1.35 bits per heavy atom. The molecule has 0 saturated carbocycles. The Morgan fingerprint density at radius 3 is 2.94 bits per heavy atom. The highest BCUT2D eigenvalue weighted by molar-refractivity contribution is 6.34. The van der Waals surface area contributed by atoms with Crippen LogP contribution < -0.4 is 0 Å². The van der Waals surface area contributed by atoms with Gasteiger partial charge in [0.05, 0.1) is 11.6 Å². The van der Waals surface area contributed by atoms with Crippen LogP contribution in [-0.2, 0) is 10.3 Å². The second kappa shape index (κ2) is 4.02. The highest BCUT2D eigenvalue weighted by Gasteiger charge is 2.35. The Bertz CT molecular complexity index is 541. The molecule has 0 spiro atoms. The maximum Gasteiger partial charge on any atom is 0.153 e. The number of aliphatic hydroxyl groups is 1. The van der Waals surface area contributed by atoms with E-state index in [2.05, 4.69) is 0 Å². The fourth-order valence-corrected chi connectivity index (χ4v) is 2.45. The van der Waals surface area contributed by atoms with Crippen LogP contribution in [0.2, 0.25) is 5.02 Å². The van der Waals surface area contributed by atoms with Gasteiger partial charge < -0.3 is 14.3 Å². The highest BCUT2D eigenvalue weighted by atomic mass is 35.5. The van der Waals surface area contributed by atoms with E-state index in [0.29, 0.717) is 29.4 Å². The van der Waals surface area contributed by atoms with Crippen molar-refractivity contribution in [1.29, 1.82) is 0 Å². The van der Waals surface area contributed by atoms with Gasteiger partial charge in [0.15, 0.2) is 5.58 Å². The molecule has 90 valence electrons. The maximum atomic E-state index is 10.5. The smallest absolute Gasteiger partial charge is 0.153 e. The van der Waals surface area contributed by atoms with Gasteiger partial charge in [0.25, 0.3) is 0 Å². The molecule has 0 aliphatic carbocycles. The number of halogens is 1. The summed E-state index contributed by atoms with van der Waals surface area (Å²) in [7, 11) is 0. The van der Waals surface area contributed by atoms with Crippen molar-refractivity contribution in [3.05, 3.63) is 35.0 Å². The van der Waals surface area contributed by atoms with Crippen LogP contribution in [0.25, 0.3) is 11.0 Å².